The molecule has 11 heteroatoms. The molecule has 2 N–H and O–H groups in total. The van der Waals surface area contributed by atoms with E-state index >= 15 is 0 Å². The second-order valence-electron chi connectivity index (χ2n) is 6.07. The van der Waals surface area contributed by atoms with Gasteiger partial charge in [-0.1, -0.05) is 12.1 Å². The van der Waals surface area contributed by atoms with Crippen LogP contribution < -0.4 is 14.8 Å². The monoisotopic (exact) mass is 418 g/mol. The van der Waals surface area contributed by atoms with Crippen LogP contribution in [0.3, 0.4) is 0 Å². The van der Waals surface area contributed by atoms with Crippen LogP contribution in [0.1, 0.15) is 16.2 Å². The fraction of sp³-hybridized carbons (Fsp3) is 0.158. The number of alkyl halides is 2. The van der Waals surface area contributed by atoms with Crippen LogP contribution >= 0.6 is 0 Å². The summed E-state index contributed by atoms with van der Waals surface area (Å²) in [5.41, 5.74) is 0.316. The first-order chi connectivity index (χ1) is 14.3. The van der Waals surface area contributed by atoms with E-state index in [1.54, 1.807) is 24.3 Å². The predicted molar refractivity (Wildman–Crippen MR) is 103 cm³/mol. The molecule has 3 aromatic rings. The number of rotatable bonds is 7. The summed E-state index contributed by atoms with van der Waals surface area (Å²) in [6.07, 6.45) is 0. The number of carbonyl (C=O) groups is 1. The van der Waals surface area contributed by atoms with Crippen LogP contribution in [0.5, 0.6) is 11.5 Å². The third-order valence-electron chi connectivity index (χ3n) is 4.17. The van der Waals surface area contributed by atoms with Gasteiger partial charge in [0, 0.05) is 11.3 Å². The van der Waals surface area contributed by atoms with E-state index in [2.05, 4.69) is 20.3 Å². The molecule has 0 radical (unpaired) electrons. The van der Waals surface area contributed by atoms with Crippen LogP contribution in [0.25, 0.3) is 11.1 Å². The van der Waals surface area contributed by atoms with Gasteiger partial charge in [-0.25, -0.2) is 0 Å². The summed E-state index contributed by atoms with van der Waals surface area (Å²) < 4.78 is 35.3. The number of benzene rings is 2. The summed E-state index contributed by atoms with van der Waals surface area (Å²) in [6.45, 7) is -1.63. The van der Waals surface area contributed by atoms with Gasteiger partial charge < -0.3 is 14.8 Å². The summed E-state index contributed by atoms with van der Waals surface area (Å²) in [5, 5.41) is 19.7. The third kappa shape index (κ3) is 4.35. The van der Waals surface area contributed by atoms with Crippen molar-refractivity contribution in [1.82, 2.24) is 10.2 Å². The zero-order valence-electron chi connectivity index (χ0n) is 15.8. The zero-order valence-corrected chi connectivity index (χ0v) is 15.8. The quantitative estimate of drug-likeness (QED) is 0.439. The highest BCUT2D eigenvalue weighted by Crippen LogP contribution is 2.35. The molecule has 1 amide bonds. The number of carbonyl (C=O) groups excluding carboxylic acids is 1. The molecular weight excluding hydrogens is 402 g/mol. The van der Waals surface area contributed by atoms with Crippen molar-refractivity contribution in [2.45, 2.75) is 13.5 Å². The van der Waals surface area contributed by atoms with Crippen LogP contribution in [-0.4, -0.2) is 34.7 Å². The number of hydrogen-bond donors (Lipinski definition) is 2. The minimum absolute atomic E-state index is 0.102. The number of H-pyrrole nitrogens is 1. The van der Waals surface area contributed by atoms with E-state index in [1.165, 1.54) is 32.2 Å². The molecule has 1 heterocycles. The number of anilines is 1. The van der Waals surface area contributed by atoms with Crippen LogP contribution in [0.15, 0.2) is 42.5 Å². The summed E-state index contributed by atoms with van der Waals surface area (Å²) in [4.78, 5) is 22.9. The van der Waals surface area contributed by atoms with Gasteiger partial charge in [0.2, 0.25) is 5.69 Å². The number of ether oxygens (including phenoxy) is 2. The Morgan fingerprint density at radius 2 is 1.93 bits per heavy atom. The first-order valence-electron chi connectivity index (χ1n) is 8.54. The summed E-state index contributed by atoms with van der Waals surface area (Å²) in [5.74, 6) is -0.357. The molecule has 0 saturated carbocycles. The highest BCUT2D eigenvalue weighted by atomic mass is 19.3. The van der Waals surface area contributed by atoms with Gasteiger partial charge in [0.15, 0.2) is 0 Å². The Bertz CT molecular complexity index is 1080. The Morgan fingerprint density at radius 1 is 1.23 bits per heavy atom. The molecule has 1 aromatic heterocycles. The number of nitrogens with one attached hydrogen (secondary N) is 2. The van der Waals surface area contributed by atoms with Crippen molar-refractivity contribution in [3.63, 3.8) is 0 Å². The van der Waals surface area contributed by atoms with Crippen molar-refractivity contribution >= 4 is 17.3 Å². The largest absolute Gasteiger partial charge is 0.497 e. The fourth-order valence-corrected chi connectivity index (χ4v) is 2.80. The Balaban J connectivity index is 1.96. The highest BCUT2D eigenvalue weighted by molar-refractivity contribution is 6.06. The maximum absolute atomic E-state index is 12.8. The lowest BCUT2D eigenvalue weighted by Crippen LogP contribution is -2.14. The number of aryl methyl sites for hydroxylation is 1. The highest BCUT2D eigenvalue weighted by Gasteiger charge is 2.27. The fourth-order valence-electron chi connectivity index (χ4n) is 2.80. The average molecular weight is 418 g/mol. The van der Waals surface area contributed by atoms with Gasteiger partial charge in [0.05, 0.1) is 12.0 Å². The van der Waals surface area contributed by atoms with Crippen LogP contribution in [0.2, 0.25) is 0 Å². The van der Waals surface area contributed by atoms with Crippen LogP contribution in [-0.2, 0) is 0 Å². The van der Waals surface area contributed by atoms with Crippen molar-refractivity contribution in [3.05, 3.63) is 64.0 Å². The van der Waals surface area contributed by atoms with E-state index in [-0.39, 0.29) is 22.7 Å². The number of nitrogens with zero attached hydrogens (tertiary/aromatic N) is 2. The summed E-state index contributed by atoms with van der Waals surface area (Å²) in [7, 11) is 1.49. The third-order valence-corrected chi connectivity index (χ3v) is 4.17. The van der Waals surface area contributed by atoms with Gasteiger partial charge in [0.25, 0.3) is 5.91 Å². The molecule has 0 bridgehead atoms. The van der Waals surface area contributed by atoms with Gasteiger partial charge in [-0.2, -0.15) is 13.9 Å². The molecule has 0 atom stereocenters. The molecule has 3 rings (SSSR count). The van der Waals surface area contributed by atoms with E-state index in [4.69, 9.17) is 4.74 Å². The number of halogens is 2. The van der Waals surface area contributed by atoms with Crippen LogP contribution in [0.4, 0.5) is 20.2 Å². The SMILES string of the molecule is COc1ccc(-c2cc(NC(=O)c3n[nH]c(C)c3[N+](=O)[O-])ccc2OC(F)F)cc1. The second kappa shape index (κ2) is 8.55. The van der Waals surface area contributed by atoms with E-state index in [0.717, 1.165) is 0 Å². The molecule has 156 valence electrons. The van der Waals surface area contributed by atoms with Crippen molar-refractivity contribution < 1.29 is 28.0 Å². The first kappa shape index (κ1) is 20.7. The Labute approximate surface area is 168 Å². The van der Waals surface area contributed by atoms with Gasteiger partial charge in [-0.3, -0.25) is 20.0 Å². The molecule has 30 heavy (non-hydrogen) atoms. The molecule has 0 saturated heterocycles. The number of hydrogen-bond acceptors (Lipinski definition) is 6. The van der Waals surface area contributed by atoms with Gasteiger partial charge in [-0.05, 0) is 42.8 Å². The topological polar surface area (TPSA) is 119 Å². The van der Waals surface area contributed by atoms with Crippen molar-refractivity contribution in [2.24, 2.45) is 0 Å². The number of amides is 1. The Morgan fingerprint density at radius 3 is 2.53 bits per heavy atom. The van der Waals surface area contributed by atoms with E-state index < -0.39 is 28.8 Å². The number of nitro groups is 1. The lowest BCUT2D eigenvalue weighted by Gasteiger charge is -2.13. The molecular formula is C19H16F2N4O5. The zero-order chi connectivity index (χ0) is 21.8. The lowest BCUT2D eigenvalue weighted by molar-refractivity contribution is -0.385. The second-order valence-corrected chi connectivity index (χ2v) is 6.07. The average Bonchev–Trinajstić information content (AvgIpc) is 3.11. The standard InChI is InChI=1S/C19H16F2N4O5/c1-10-17(25(27)28)16(24-23-10)18(26)22-12-5-8-15(30-19(20)21)14(9-12)11-3-6-13(29-2)7-4-11/h3-9,19H,1-2H3,(H,22,26)(H,23,24). The van der Waals surface area contributed by atoms with E-state index in [9.17, 15) is 23.7 Å². The molecule has 9 nitrogen and oxygen atoms in total. The van der Waals surface area contributed by atoms with Gasteiger partial charge in [-0.15, -0.1) is 0 Å². The van der Waals surface area contributed by atoms with Gasteiger partial charge >= 0.3 is 12.3 Å². The Kier molecular flexibility index (Phi) is 5.90. The normalized spacial score (nSPS) is 10.7. The predicted octanol–water partition coefficient (Wildman–Crippen LogP) is 4.16. The van der Waals surface area contributed by atoms with Crippen molar-refractivity contribution in [1.29, 1.82) is 0 Å². The smallest absolute Gasteiger partial charge is 0.387 e. The Hall–Kier alpha value is -4.02. The van der Waals surface area contributed by atoms with Crippen molar-refractivity contribution in [2.75, 3.05) is 12.4 Å². The molecule has 0 unspecified atom stereocenters. The molecule has 0 aliphatic carbocycles. The molecule has 2 aromatic carbocycles. The maximum atomic E-state index is 12.8. The van der Waals surface area contributed by atoms with Gasteiger partial charge in [0.1, 0.15) is 17.2 Å². The number of methoxy groups -OCH3 is 1. The minimum atomic E-state index is -3.04. The van der Waals surface area contributed by atoms with E-state index in [0.29, 0.717) is 11.3 Å². The molecule has 0 spiro atoms. The number of aromatic nitrogens is 2. The maximum Gasteiger partial charge on any atom is 0.387 e. The number of aromatic amines is 1. The summed E-state index contributed by atoms with van der Waals surface area (Å²) in [6, 6.07) is 10.6. The van der Waals surface area contributed by atoms with Crippen molar-refractivity contribution in [3.8, 4) is 22.6 Å². The van der Waals surface area contributed by atoms with Crippen LogP contribution in [0, 0.1) is 17.0 Å². The first-order valence-corrected chi connectivity index (χ1v) is 8.54. The minimum Gasteiger partial charge on any atom is -0.497 e. The molecule has 0 fully saturated rings. The summed E-state index contributed by atoms with van der Waals surface area (Å²) >= 11 is 0. The van der Waals surface area contributed by atoms with E-state index in [1.807, 2.05) is 0 Å². The molecule has 0 aliphatic rings. The lowest BCUT2D eigenvalue weighted by atomic mass is 10.0. The molecule has 0 aliphatic heterocycles.